The van der Waals surface area contributed by atoms with E-state index in [-0.39, 0.29) is 11.9 Å². The third kappa shape index (κ3) is 3.46. The number of hydrogen-bond acceptors (Lipinski definition) is 2. The molecule has 130 valence electrons. The largest absolute Gasteiger partial charge is 0.349 e. The van der Waals surface area contributed by atoms with Crippen LogP contribution in [0.2, 0.25) is 5.02 Å². The summed E-state index contributed by atoms with van der Waals surface area (Å²) in [5.74, 6) is -0.165. The molecule has 2 aromatic heterocycles. The minimum atomic E-state index is -0.165. The molecule has 0 fully saturated rings. The second kappa shape index (κ2) is 7.15. The molecule has 0 aliphatic carbocycles. The number of hydrogen-bond donors (Lipinski definition) is 1. The molecule has 5 nitrogen and oxygen atoms in total. The standard InChI is InChI=1S/C19H21ClN4O/c1-4-13(2)21-19(25)18-12-15(17-10-7-11-23(17)3)22-24(18)16-9-6-5-8-14(16)20/h5-13H,4H2,1-3H3,(H,21,25)/t13-/m0/s1. The Kier molecular flexibility index (Phi) is 4.95. The Bertz CT molecular complexity index is 896. The fraction of sp³-hybridized carbons (Fsp3) is 0.263. The summed E-state index contributed by atoms with van der Waals surface area (Å²) < 4.78 is 3.58. The van der Waals surface area contributed by atoms with Gasteiger partial charge in [0.1, 0.15) is 11.4 Å². The first-order chi connectivity index (χ1) is 12.0. The number of halogens is 1. The molecule has 1 amide bonds. The van der Waals surface area contributed by atoms with Gasteiger partial charge in [-0.25, -0.2) is 4.68 Å². The van der Waals surface area contributed by atoms with Gasteiger partial charge in [-0.05, 0) is 43.7 Å². The van der Waals surface area contributed by atoms with Crippen LogP contribution in [0.25, 0.3) is 17.1 Å². The minimum Gasteiger partial charge on any atom is -0.349 e. The molecule has 0 unspecified atom stereocenters. The van der Waals surface area contributed by atoms with E-state index in [2.05, 4.69) is 10.4 Å². The predicted octanol–water partition coefficient (Wildman–Crippen LogP) is 4.06. The zero-order valence-electron chi connectivity index (χ0n) is 14.5. The van der Waals surface area contributed by atoms with Gasteiger partial charge in [-0.15, -0.1) is 0 Å². The molecule has 0 saturated carbocycles. The summed E-state index contributed by atoms with van der Waals surface area (Å²) in [5.41, 5.74) is 2.80. The highest BCUT2D eigenvalue weighted by Crippen LogP contribution is 2.25. The summed E-state index contributed by atoms with van der Waals surface area (Å²) in [5, 5.41) is 8.19. The van der Waals surface area contributed by atoms with Crippen LogP contribution in [0.1, 0.15) is 30.8 Å². The van der Waals surface area contributed by atoms with Crippen molar-refractivity contribution in [3.63, 3.8) is 0 Å². The van der Waals surface area contributed by atoms with Crippen molar-refractivity contribution >= 4 is 17.5 Å². The van der Waals surface area contributed by atoms with Gasteiger partial charge < -0.3 is 9.88 Å². The third-order valence-corrected chi connectivity index (χ3v) is 4.54. The van der Waals surface area contributed by atoms with Crippen molar-refractivity contribution in [3.8, 4) is 17.1 Å². The first-order valence-corrected chi connectivity index (χ1v) is 8.66. The molecule has 0 aliphatic heterocycles. The zero-order chi connectivity index (χ0) is 18.0. The highest BCUT2D eigenvalue weighted by molar-refractivity contribution is 6.32. The van der Waals surface area contributed by atoms with Crippen molar-refractivity contribution in [2.24, 2.45) is 7.05 Å². The predicted molar refractivity (Wildman–Crippen MR) is 100 cm³/mol. The molecule has 6 heteroatoms. The molecule has 0 spiro atoms. The SMILES string of the molecule is CC[C@H](C)NC(=O)c1cc(-c2cccn2C)nn1-c1ccccc1Cl. The van der Waals surface area contributed by atoms with E-state index in [0.717, 1.165) is 17.8 Å². The first-order valence-electron chi connectivity index (χ1n) is 8.28. The second-order valence-electron chi connectivity index (χ2n) is 6.07. The van der Waals surface area contributed by atoms with Crippen LogP contribution in [0.4, 0.5) is 0 Å². The molecule has 0 aliphatic rings. The van der Waals surface area contributed by atoms with E-state index in [1.165, 1.54) is 0 Å². The molecular formula is C19H21ClN4O. The van der Waals surface area contributed by atoms with Crippen molar-refractivity contribution in [2.75, 3.05) is 0 Å². The number of aryl methyl sites for hydroxylation is 1. The average Bonchev–Trinajstić information content (AvgIpc) is 3.21. The molecule has 1 atom stereocenters. The Labute approximate surface area is 152 Å². The lowest BCUT2D eigenvalue weighted by atomic mass is 10.2. The third-order valence-electron chi connectivity index (χ3n) is 4.22. The van der Waals surface area contributed by atoms with Crippen LogP contribution in [-0.2, 0) is 7.05 Å². The van der Waals surface area contributed by atoms with Crippen molar-refractivity contribution in [1.82, 2.24) is 19.7 Å². The Balaban J connectivity index is 2.12. The van der Waals surface area contributed by atoms with E-state index in [9.17, 15) is 4.79 Å². The number of nitrogens with one attached hydrogen (secondary N) is 1. The number of benzene rings is 1. The second-order valence-corrected chi connectivity index (χ2v) is 6.47. The van der Waals surface area contributed by atoms with Gasteiger partial charge in [0.15, 0.2) is 0 Å². The summed E-state index contributed by atoms with van der Waals surface area (Å²) in [7, 11) is 1.95. The lowest BCUT2D eigenvalue weighted by Crippen LogP contribution is -2.33. The smallest absolute Gasteiger partial charge is 0.270 e. The van der Waals surface area contributed by atoms with Crippen molar-refractivity contribution in [2.45, 2.75) is 26.3 Å². The van der Waals surface area contributed by atoms with Crippen LogP contribution >= 0.6 is 11.6 Å². The van der Waals surface area contributed by atoms with Crippen LogP contribution in [0.3, 0.4) is 0 Å². The van der Waals surface area contributed by atoms with E-state index >= 15 is 0 Å². The molecule has 0 radical (unpaired) electrons. The van der Waals surface area contributed by atoms with Gasteiger partial charge in [0.05, 0.1) is 16.4 Å². The molecule has 1 aromatic carbocycles. The maximum absolute atomic E-state index is 12.8. The Morgan fingerprint density at radius 1 is 1.28 bits per heavy atom. The van der Waals surface area contributed by atoms with Crippen LogP contribution in [-0.4, -0.2) is 26.3 Å². The lowest BCUT2D eigenvalue weighted by Gasteiger charge is -2.13. The van der Waals surface area contributed by atoms with Gasteiger partial charge in [-0.2, -0.15) is 5.10 Å². The number of rotatable bonds is 5. The van der Waals surface area contributed by atoms with Crippen LogP contribution in [0.15, 0.2) is 48.7 Å². The summed E-state index contributed by atoms with van der Waals surface area (Å²) in [6.07, 6.45) is 2.80. The Hall–Kier alpha value is -2.53. The molecule has 0 bridgehead atoms. The number of carbonyl (C=O) groups excluding carboxylic acids is 1. The number of nitrogens with zero attached hydrogens (tertiary/aromatic N) is 3. The van der Waals surface area contributed by atoms with Gasteiger partial charge >= 0.3 is 0 Å². The fourth-order valence-electron chi connectivity index (χ4n) is 2.60. The van der Waals surface area contributed by atoms with Crippen LogP contribution < -0.4 is 5.32 Å². The van der Waals surface area contributed by atoms with Crippen molar-refractivity contribution < 1.29 is 4.79 Å². The molecule has 3 rings (SSSR count). The first kappa shape index (κ1) is 17.3. The van der Waals surface area contributed by atoms with Gasteiger partial charge in [-0.3, -0.25) is 4.79 Å². The van der Waals surface area contributed by atoms with E-state index in [1.54, 1.807) is 16.8 Å². The fourth-order valence-corrected chi connectivity index (χ4v) is 2.82. The van der Waals surface area contributed by atoms with Crippen LogP contribution in [0.5, 0.6) is 0 Å². The molecule has 25 heavy (non-hydrogen) atoms. The summed E-state index contributed by atoms with van der Waals surface area (Å²) in [4.78, 5) is 12.8. The number of aromatic nitrogens is 3. The normalized spacial score (nSPS) is 12.2. The maximum Gasteiger partial charge on any atom is 0.270 e. The highest BCUT2D eigenvalue weighted by atomic mass is 35.5. The molecule has 1 N–H and O–H groups in total. The molecule has 0 saturated heterocycles. The summed E-state index contributed by atoms with van der Waals surface area (Å²) in [6, 6.07) is 13.2. The lowest BCUT2D eigenvalue weighted by molar-refractivity contribution is 0.0931. The number of amides is 1. The maximum atomic E-state index is 12.8. The van der Waals surface area contributed by atoms with Crippen molar-refractivity contribution in [1.29, 1.82) is 0 Å². The zero-order valence-corrected chi connectivity index (χ0v) is 15.3. The van der Waals surface area contributed by atoms with Crippen LogP contribution in [0, 0.1) is 0 Å². The number of carbonyl (C=O) groups is 1. The molecule has 3 aromatic rings. The van der Waals surface area contributed by atoms with Gasteiger partial charge in [0.25, 0.3) is 5.91 Å². The minimum absolute atomic E-state index is 0.0839. The average molecular weight is 357 g/mol. The summed E-state index contributed by atoms with van der Waals surface area (Å²) >= 11 is 6.34. The quantitative estimate of drug-likeness (QED) is 0.749. The topological polar surface area (TPSA) is 51.9 Å². The van der Waals surface area contributed by atoms with Crippen molar-refractivity contribution in [3.05, 3.63) is 59.4 Å². The molecule has 2 heterocycles. The van der Waals surface area contributed by atoms with E-state index in [4.69, 9.17) is 11.6 Å². The van der Waals surface area contributed by atoms with Gasteiger partial charge in [0, 0.05) is 19.3 Å². The molecular weight excluding hydrogens is 336 g/mol. The van der Waals surface area contributed by atoms with Gasteiger partial charge in [0.2, 0.25) is 0 Å². The van der Waals surface area contributed by atoms with E-state index in [1.807, 2.05) is 62.0 Å². The van der Waals surface area contributed by atoms with E-state index in [0.29, 0.717) is 16.4 Å². The number of para-hydroxylation sites is 1. The Morgan fingerprint density at radius 2 is 2.04 bits per heavy atom. The Morgan fingerprint density at radius 3 is 2.68 bits per heavy atom. The highest BCUT2D eigenvalue weighted by Gasteiger charge is 2.20. The van der Waals surface area contributed by atoms with Gasteiger partial charge in [-0.1, -0.05) is 30.7 Å². The monoisotopic (exact) mass is 356 g/mol. The summed E-state index contributed by atoms with van der Waals surface area (Å²) in [6.45, 7) is 4.01. The van der Waals surface area contributed by atoms with E-state index < -0.39 is 0 Å².